The van der Waals surface area contributed by atoms with Crippen molar-refractivity contribution < 1.29 is 8.42 Å². The van der Waals surface area contributed by atoms with Gasteiger partial charge in [0.15, 0.2) is 9.84 Å². The fourth-order valence-corrected chi connectivity index (χ4v) is 2.32. The molecule has 1 rings (SSSR count). The third-order valence-electron chi connectivity index (χ3n) is 1.63. The van der Waals surface area contributed by atoms with Crippen LogP contribution in [0.3, 0.4) is 0 Å². The Hall–Kier alpha value is -0.290. The third kappa shape index (κ3) is 3.13. The zero-order valence-corrected chi connectivity index (χ0v) is 9.92. The molecule has 0 amide bonds. The van der Waals surface area contributed by atoms with Gasteiger partial charge in [-0.1, -0.05) is 17.7 Å². The summed E-state index contributed by atoms with van der Waals surface area (Å²) < 4.78 is 22.3. The van der Waals surface area contributed by atoms with Gasteiger partial charge >= 0.3 is 0 Å². The lowest BCUT2D eigenvalue weighted by atomic mass is 10.2. The molecule has 0 saturated heterocycles. The maximum absolute atomic E-state index is 11.1. The zero-order valence-electron chi connectivity index (χ0n) is 7.53. The quantitative estimate of drug-likeness (QED) is 0.874. The van der Waals surface area contributed by atoms with Crippen molar-refractivity contribution in [3.05, 3.63) is 28.8 Å². The zero-order chi connectivity index (χ0) is 10.1. The highest BCUT2D eigenvalue weighted by molar-refractivity contribution is 7.90. The van der Waals surface area contributed by atoms with Crippen LogP contribution in [0.25, 0.3) is 0 Å². The van der Waals surface area contributed by atoms with Gasteiger partial charge in [0.05, 0.1) is 9.92 Å². The fraction of sp³-hybridized carbons (Fsp3) is 0.250. The van der Waals surface area contributed by atoms with E-state index in [2.05, 4.69) is 0 Å². The Labute approximate surface area is 94.6 Å². The Morgan fingerprint density at radius 1 is 1.43 bits per heavy atom. The van der Waals surface area contributed by atoms with Crippen LogP contribution >= 0.6 is 24.0 Å². The van der Waals surface area contributed by atoms with Crippen molar-refractivity contribution in [2.75, 3.05) is 6.26 Å². The SMILES string of the molecule is CS(=O)(=O)c1ccc(CN)cc1Cl.Cl. The van der Waals surface area contributed by atoms with E-state index in [9.17, 15) is 8.42 Å². The lowest BCUT2D eigenvalue weighted by Crippen LogP contribution is -2.01. The maximum atomic E-state index is 11.1. The van der Waals surface area contributed by atoms with E-state index in [1.807, 2.05) is 0 Å². The normalized spacial score (nSPS) is 10.8. The van der Waals surface area contributed by atoms with Crippen LogP contribution in [0.5, 0.6) is 0 Å². The first-order chi connectivity index (χ1) is 5.95. The Balaban J connectivity index is 0.00000169. The molecule has 0 atom stereocenters. The van der Waals surface area contributed by atoms with E-state index in [4.69, 9.17) is 17.3 Å². The number of benzene rings is 1. The van der Waals surface area contributed by atoms with Crippen LogP contribution in [0.15, 0.2) is 23.1 Å². The predicted octanol–water partition coefficient (Wildman–Crippen LogP) is 1.62. The van der Waals surface area contributed by atoms with Crippen molar-refractivity contribution >= 4 is 33.8 Å². The molecule has 3 nitrogen and oxygen atoms in total. The van der Waals surface area contributed by atoms with E-state index in [1.54, 1.807) is 12.1 Å². The van der Waals surface area contributed by atoms with E-state index in [0.717, 1.165) is 11.8 Å². The summed E-state index contributed by atoms with van der Waals surface area (Å²) in [5.74, 6) is 0. The summed E-state index contributed by atoms with van der Waals surface area (Å²) in [4.78, 5) is 0.145. The number of halogens is 2. The van der Waals surface area contributed by atoms with Crippen molar-refractivity contribution in [2.45, 2.75) is 11.4 Å². The summed E-state index contributed by atoms with van der Waals surface area (Å²) in [7, 11) is -3.23. The molecule has 80 valence electrons. The molecular formula is C8H11Cl2NO2S. The largest absolute Gasteiger partial charge is 0.326 e. The second-order valence-electron chi connectivity index (χ2n) is 2.74. The molecule has 0 saturated carbocycles. The summed E-state index contributed by atoms with van der Waals surface area (Å²) in [5, 5.41) is 0.227. The molecule has 0 aliphatic rings. The molecule has 0 aromatic heterocycles. The van der Waals surface area contributed by atoms with Crippen molar-refractivity contribution in [2.24, 2.45) is 5.73 Å². The highest BCUT2D eigenvalue weighted by Gasteiger charge is 2.11. The van der Waals surface area contributed by atoms with Crippen molar-refractivity contribution in [3.63, 3.8) is 0 Å². The number of rotatable bonds is 2. The van der Waals surface area contributed by atoms with Crippen LogP contribution in [0.2, 0.25) is 5.02 Å². The molecule has 0 aliphatic carbocycles. The lowest BCUT2D eigenvalue weighted by Gasteiger charge is -2.03. The molecule has 0 bridgehead atoms. The van der Waals surface area contributed by atoms with Gasteiger partial charge in [0.1, 0.15) is 0 Å². The van der Waals surface area contributed by atoms with Gasteiger partial charge in [0.25, 0.3) is 0 Å². The minimum Gasteiger partial charge on any atom is -0.326 e. The van der Waals surface area contributed by atoms with Crippen LogP contribution < -0.4 is 5.73 Å². The topological polar surface area (TPSA) is 60.2 Å². The van der Waals surface area contributed by atoms with E-state index < -0.39 is 9.84 Å². The summed E-state index contributed by atoms with van der Waals surface area (Å²) in [6, 6.07) is 4.69. The smallest absolute Gasteiger partial charge is 0.176 e. The maximum Gasteiger partial charge on any atom is 0.176 e. The standard InChI is InChI=1S/C8H10ClNO2S.ClH/c1-13(11,12)8-3-2-6(5-10)4-7(8)9;/h2-4H,5,10H2,1H3;1H. The molecule has 0 radical (unpaired) electrons. The minimum atomic E-state index is -3.23. The molecule has 0 spiro atoms. The summed E-state index contributed by atoms with van der Waals surface area (Å²) in [6.45, 7) is 0.351. The Morgan fingerprint density at radius 2 is 2.00 bits per heavy atom. The van der Waals surface area contributed by atoms with Gasteiger partial charge in [-0.15, -0.1) is 12.4 Å². The van der Waals surface area contributed by atoms with E-state index >= 15 is 0 Å². The monoisotopic (exact) mass is 255 g/mol. The Kier molecular flexibility index (Phi) is 4.88. The Morgan fingerprint density at radius 3 is 2.36 bits per heavy atom. The first kappa shape index (κ1) is 13.7. The van der Waals surface area contributed by atoms with Crippen molar-refractivity contribution in [3.8, 4) is 0 Å². The van der Waals surface area contributed by atoms with Gasteiger partial charge in [0.2, 0.25) is 0 Å². The first-order valence-electron chi connectivity index (χ1n) is 3.63. The van der Waals surface area contributed by atoms with E-state index in [-0.39, 0.29) is 22.3 Å². The van der Waals surface area contributed by atoms with Crippen molar-refractivity contribution in [1.82, 2.24) is 0 Å². The van der Waals surface area contributed by atoms with E-state index in [1.165, 1.54) is 6.07 Å². The predicted molar refractivity (Wildman–Crippen MR) is 59.7 cm³/mol. The van der Waals surface area contributed by atoms with Gasteiger partial charge in [-0.2, -0.15) is 0 Å². The van der Waals surface area contributed by atoms with Crippen LogP contribution in [0.1, 0.15) is 5.56 Å². The fourth-order valence-electron chi connectivity index (χ4n) is 0.972. The second kappa shape index (κ2) is 4.98. The van der Waals surface area contributed by atoms with Crippen LogP contribution in [-0.2, 0) is 16.4 Å². The Bertz CT molecular complexity index is 417. The van der Waals surface area contributed by atoms with Crippen molar-refractivity contribution in [1.29, 1.82) is 0 Å². The average molecular weight is 256 g/mol. The number of hydrogen-bond donors (Lipinski definition) is 1. The van der Waals surface area contributed by atoms with Crippen LogP contribution in [-0.4, -0.2) is 14.7 Å². The molecular weight excluding hydrogens is 245 g/mol. The molecule has 6 heteroatoms. The number of nitrogens with two attached hydrogens (primary N) is 1. The first-order valence-corrected chi connectivity index (χ1v) is 5.90. The van der Waals surface area contributed by atoms with Crippen LogP contribution in [0, 0.1) is 0 Å². The number of hydrogen-bond acceptors (Lipinski definition) is 3. The summed E-state index contributed by atoms with van der Waals surface area (Å²) in [5.41, 5.74) is 6.19. The molecule has 0 aliphatic heterocycles. The molecule has 0 heterocycles. The van der Waals surface area contributed by atoms with E-state index in [0.29, 0.717) is 6.54 Å². The summed E-state index contributed by atoms with van der Waals surface area (Å²) >= 11 is 5.76. The van der Waals surface area contributed by atoms with Gasteiger partial charge in [-0.3, -0.25) is 0 Å². The third-order valence-corrected chi connectivity index (χ3v) is 3.21. The lowest BCUT2D eigenvalue weighted by molar-refractivity contribution is 0.602. The van der Waals surface area contributed by atoms with Gasteiger partial charge in [0, 0.05) is 12.8 Å². The van der Waals surface area contributed by atoms with Gasteiger partial charge in [-0.25, -0.2) is 8.42 Å². The number of sulfone groups is 1. The average Bonchev–Trinajstić information content (AvgIpc) is 2.01. The van der Waals surface area contributed by atoms with Gasteiger partial charge in [-0.05, 0) is 17.7 Å². The second-order valence-corrected chi connectivity index (χ2v) is 5.13. The molecule has 14 heavy (non-hydrogen) atoms. The molecule has 0 fully saturated rings. The molecule has 1 aromatic rings. The molecule has 1 aromatic carbocycles. The highest BCUT2D eigenvalue weighted by Crippen LogP contribution is 2.22. The minimum absolute atomic E-state index is 0. The summed E-state index contributed by atoms with van der Waals surface area (Å²) in [6.07, 6.45) is 1.12. The van der Waals surface area contributed by atoms with Crippen LogP contribution in [0.4, 0.5) is 0 Å². The van der Waals surface area contributed by atoms with Gasteiger partial charge < -0.3 is 5.73 Å². The highest BCUT2D eigenvalue weighted by atomic mass is 35.5. The molecule has 2 N–H and O–H groups in total. The molecule has 0 unspecified atom stereocenters.